The maximum absolute atomic E-state index is 10.7. The number of phenolic OH excluding ortho intramolecular Hbond substituents is 3. The normalized spacial score (nSPS) is 11.2. The molecule has 0 radical (unpaired) electrons. The lowest BCUT2D eigenvalue weighted by Crippen LogP contribution is -1.95. The van der Waals surface area contributed by atoms with Crippen molar-refractivity contribution in [1.29, 1.82) is 0 Å². The summed E-state index contributed by atoms with van der Waals surface area (Å²) in [5.41, 5.74) is 2.45. The Morgan fingerprint density at radius 3 is 2.31 bits per heavy atom. The second-order valence-corrected chi connectivity index (χ2v) is 6.77. The molecular formula is C21H21NO4. The standard InChI is InChI=1S/C21H21NO4/c1-12(2)21-16-9-13(3-5-14(16)7-8-18(21)23)4-6-15-10-17(22-26)20(25)11-19(15)24/h3,5,7-12,23-25H,4,6H2,1-2H3. The zero-order chi connectivity index (χ0) is 18.8. The van der Waals surface area contributed by atoms with Crippen LogP contribution >= 0.6 is 0 Å². The third-order valence-corrected chi connectivity index (χ3v) is 4.64. The maximum atomic E-state index is 10.7. The van der Waals surface area contributed by atoms with Crippen LogP contribution in [0.15, 0.2) is 47.6 Å². The molecule has 26 heavy (non-hydrogen) atoms. The van der Waals surface area contributed by atoms with Gasteiger partial charge in [0.2, 0.25) is 0 Å². The van der Waals surface area contributed by atoms with Crippen molar-refractivity contribution < 1.29 is 15.3 Å². The predicted octanol–water partition coefficient (Wildman–Crippen LogP) is 5.26. The Balaban J connectivity index is 1.93. The number of phenols is 3. The first kappa shape index (κ1) is 17.7. The third-order valence-electron chi connectivity index (χ3n) is 4.64. The Hall–Kier alpha value is -3.08. The summed E-state index contributed by atoms with van der Waals surface area (Å²) in [4.78, 5) is 10.7. The van der Waals surface area contributed by atoms with Crippen molar-refractivity contribution in [2.75, 3.05) is 0 Å². The van der Waals surface area contributed by atoms with E-state index in [0.717, 1.165) is 28.0 Å². The molecule has 0 saturated heterocycles. The molecule has 5 heteroatoms. The van der Waals surface area contributed by atoms with Crippen LogP contribution < -0.4 is 0 Å². The number of aromatic hydroxyl groups is 3. The van der Waals surface area contributed by atoms with Crippen LogP contribution in [0, 0.1) is 4.91 Å². The van der Waals surface area contributed by atoms with Gasteiger partial charge in [0, 0.05) is 11.6 Å². The van der Waals surface area contributed by atoms with E-state index in [0.29, 0.717) is 24.2 Å². The Morgan fingerprint density at radius 1 is 0.885 bits per heavy atom. The number of nitrogens with zero attached hydrogens (tertiary/aromatic N) is 1. The highest BCUT2D eigenvalue weighted by Gasteiger charge is 2.13. The van der Waals surface area contributed by atoms with Gasteiger partial charge in [-0.25, -0.2) is 0 Å². The van der Waals surface area contributed by atoms with Crippen LogP contribution in [0.4, 0.5) is 5.69 Å². The lowest BCUT2D eigenvalue weighted by molar-refractivity contribution is 0.446. The number of hydrogen-bond donors (Lipinski definition) is 3. The van der Waals surface area contributed by atoms with Gasteiger partial charge in [0.1, 0.15) is 22.9 Å². The van der Waals surface area contributed by atoms with Crippen LogP contribution in [0.5, 0.6) is 17.2 Å². The van der Waals surface area contributed by atoms with E-state index >= 15 is 0 Å². The van der Waals surface area contributed by atoms with E-state index in [9.17, 15) is 20.2 Å². The van der Waals surface area contributed by atoms with Gasteiger partial charge >= 0.3 is 0 Å². The fraction of sp³-hybridized carbons (Fsp3) is 0.238. The van der Waals surface area contributed by atoms with Crippen LogP contribution in [0.2, 0.25) is 0 Å². The number of rotatable bonds is 5. The SMILES string of the molecule is CC(C)c1c(O)ccc2ccc(CCc3cc(N=O)c(O)cc3O)cc12. The number of nitroso groups, excluding NO2 is 1. The van der Waals surface area contributed by atoms with E-state index in [4.69, 9.17) is 0 Å². The monoisotopic (exact) mass is 351 g/mol. The minimum atomic E-state index is -0.330. The van der Waals surface area contributed by atoms with E-state index in [2.05, 4.69) is 11.2 Å². The fourth-order valence-corrected chi connectivity index (χ4v) is 3.30. The second-order valence-electron chi connectivity index (χ2n) is 6.77. The summed E-state index contributed by atoms with van der Waals surface area (Å²) in [7, 11) is 0. The van der Waals surface area contributed by atoms with Gasteiger partial charge < -0.3 is 15.3 Å². The highest BCUT2D eigenvalue weighted by molar-refractivity contribution is 5.88. The predicted molar refractivity (Wildman–Crippen MR) is 102 cm³/mol. The summed E-state index contributed by atoms with van der Waals surface area (Å²) >= 11 is 0. The van der Waals surface area contributed by atoms with Gasteiger partial charge in [-0.05, 0) is 58.0 Å². The van der Waals surface area contributed by atoms with Gasteiger partial charge in [-0.15, -0.1) is 4.91 Å². The Morgan fingerprint density at radius 2 is 1.62 bits per heavy atom. The quantitative estimate of drug-likeness (QED) is 0.547. The molecule has 0 aliphatic heterocycles. The molecule has 0 heterocycles. The first-order valence-corrected chi connectivity index (χ1v) is 8.53. The van der Waals surface area contributed by atoms with E-state index < -0.39 is 0 Å². The van der Waals surface area contributed by atoms with Crippen LogP contribution in [0.1, 0.15) is 36.5 Å². The zero-order valence-corrected chi connectivity index (χ0v) is 14.7. The van der Waals surface area contributed by atoms with Crippen molar-refractivity contribution >= 4 is 16.5 Å². The number of aryl methyl sites for hydroxylation is 2. The van der Waals surface area contributed by atoms with Crippen molar-refractivity contribution in [2.45, 2.75) is 32.6 Å². The molecule has 0 unspecified atom stereocenters. The van der Waals surface area contributed by atoms with E-state index in [1.165, 1.54) is 6.07 Å². The molecule has 0 atom stereocenters. The maximum Gasteiger partial charge on any atom is 0.150 e. The van der Waals surface area contributed by atoms with Gasteiger partial charge in [0.25, 0.3) is 0 Å². The lowest BCUT2D eigenvalue weighted by Gasteiger charge is -2.14. The molecule has 3 N–H and O–H groups in total. The van der Waals surface area contributed by atoms with Gasteiger partial charge in [-0.2, -0.15) is 0 Å². The average Bonchev–Trinajstić information content (AvgIpc) is 2.60. The molecular weight excluding hydrogens is 330 g/mol. The Kier molecular flexibility index (Phi) is 4.80. The highest BCUT2D eigenvalue weighted by atomic mass is 16.3. The van der Waals surface area contributed by atoms with E-state index in [1.54, 1.807) is 6.07 Å². The largest absolute Gasteiger partial charge is 0.508 e. The van der Waals surface area contributed by atoms with Gasteiger partial charge in [-0.3, -0.25) is 0 Å². The highest BCUT2D eigenvalue weighted by Crippen LogP contribution is 2.35. The Bertz CT molecular complexity index is 979. The van der Waals surface area contributed by atoms with Crippen LogP contribution in [0.25, 0.3) is 10.8 Å². The van der Waals surface area contributed by atoms with Gasteiger partial charge in [-0.1, -0.05) is 38.1 Å². The molecule has 0 aliphatic rings. The third kappa shape index (κ3) is 3.33. The number of hydrogen-bond acceptors (Lipinski definition) is 5. The summed E-state index contributed by atoms with van der Waals surface area (Å²) in [5, 5.41) is 34.6. The average molecular weight is 351 g/mol. The van der Waals surface area contributed by atoms with Crippen molar-refractivity contribution in [3.05, 3.63) is 64.1 Å². The molecule has 3 aromatic rings. The van der Waals surface area contributed by atoms with E-state index in [-0.39, 0.29) is 23.1 Å². The number of fused-ring (bicyclic) bond motifs is 1. The lowest BCUT2D eigenvalue weighted by atomic mass is 9.92. The molecule has 0 fully saturated rings. The minimum Gasteiger partial charge on any atom is -0.508 e. The molecule has 0 aromatic heterocycles. The van der Waals surface area contributed by atoms with Gasteiger partial charge in [0.05, 0.1) is 0 Å². The smallest absolute Gasteiger partial charge is 0.150 e. The molecule has 0 bridgehead atoms. The molecule has 0 amide bonds. The van der Waals surface area contributed by atoms with Crippen molar-refractivity contribution in [3.8, 4) is 17.2 Å². The summed E-state index contributed by atoms with van der Waals surface area (Å²) in [6.07, 6.45) is 1.13. The van der Waals surface area contributed by atoms with Gasteiger partial charge in [0.15, 0.2) is 0 Å². The van der Waals surface area contributed by atoms with Crippen LogP contribution in [-0.4, -0.2) is 15.3 Å². The fourth-order valence-electron chi connectivity index (χ4n) is 3.30. The summed E-state index contributed by atoms with van der Waals surface area (Å²) in [6.45, 7) is 4.09. The first-order valence-electron chi connectivity index (χ1n) is 8.53. The first-order chi connectivity index (χ1) is 12.4. The van der Waals surface area contributed by atoms with Crippen molar-refractivity contribution in [3.63, 3.8) is 0 Å². The molecule has 0 aliphatic carbocycles. The van der Waals surface area contributed by atoms with Crippen LogP contribution in [0.3, 0.4) is 0 Å². The molecule has 3 aromatic carbocycles. The second kappa shape index (κ2) is 7.04. The summed E-state index contributed by atoms with van der Waals surface area (Å²) < 4.78 is 0. The molecule has 5 nitrogen and oxygen atoms in total. The summed E-state index contributed by atoms with van der Waals surface area (Å²) in [6, 6.07) is 12.3. The van der Waals surface area contributed by atoms with Crippen LogP contribution in [-0.2, 0) is 12.8 Å². The van der Waals surface area contributed by atoms with E-state index in [1.807, 2.05) is 32.0 Å². The minimum absolute atomic E-state index is 0.0591. The molecule has 0 saturated carbocycles. The number of benzene rings is 3. The molecule has 134 valence electrons. The zero-order valence-electron chi connectivity index (χ0n) is 14.7. The Labute approximate surface area is 151 Å². The summed E-state index contributed by atoms with van der Waals surface area (Å²) in [5.74, 6) is 0.0963. The van der Waals surface area contributed by atoms with Crippen molar-refractivity contribution in [2.24, 2.45) is 5.18 Å². The molecule has 0 spiro atoms. The topological polar surface area (TPSA) is 90.1 Å². The molecule has 3 rings (SSSR count). The van der Waals surface area contributed by atoms with Crippen molar-refractivity contribution in [1.82, 2.24) is 0 Å².